The molecule has 2 N–H and O–H groups in total. The molecule has 0 spiro atoms. The van der Waals surface area contributed by atoms with Crippen LogP contribution in [0.2, 0.25) is 0 Å². The molecule has 5 nitrogen and oxygen atoms in total. The van der Waals surface area contributed by atoms with Gasteiger partial charge in [-0.15, -0.1) is 11.1 Å². The minimum absolute atomic E-state index is 0. The molecule has 0 aliphatic heterocycles. The Morgan fingerprint density at radius 2 is 2.50 bits per heavy atom. The molecule has 0 bridgehead atoms. The first-order valence-corrected chi connectivity index (χ1v) is 0.847. The van der Waals surface area contributed by atoms with Crippen LogP contribution in [0.4, 0.5) is 0 Å². The van der Waals surface area contributed by atoms with E-state index in [4.69, 9.17) is 10.7 Å². The molecule has 0 radical (unpaired) electrons. The quantitative estimate of drug-likeness (QED) is 0.123. The summed E-state index contributed by atoms with van der Waals surface area (Å²) >= 11 is 0. The molecule has 0 rings (SSSR count). The Kier molecular flexibility index (Phi) is 14.0. The molecule has 0 heterocycles. The first kappa shape index (κ1) is 9.42. The van der Waals surface area contributed by atoms with E-state index in [1.54, 1.807) is 0 Å². The molecule has 0 amide bonds. The molecule has 0 aromatic rings. The Labute approximate surface area is 57.7 Å². The van der Waals surface area contributed by atoms with Gasteiger partial charge in [0.15, 0.2) is 0 Å². The Bertz CT molecular complexity index is 58.7. The van der Waals surface area contributed by atoms with Crippen molar-refractivity contribution >= 4 is 0 Å². The van der Waals surface area contributed by atoms with E-state index in [0.717, 1.165) is 0 Å². The van der Waals surface area contributed by atoms with Crippen molar-refractivity contribution in [3.8, 4) is 0 Å². The molecule has 0 atom stereocenters. The smallest absolute Gasteiger partial charge is 1.00 e. The van der Waals surface area contributed by atoms with Gasteiger partial charge in [0.1, 0.15) is 0 Å². The van der Waals surface area contributed by atoms with Crippen LogP contribution in [0, 0.1) is 0 Å². The number of rotatable bonds is 1. The van der Waals surface area contributed by atoms with Crippen LogP contribution in [0.3, 0.4) is 0 Å². The molecule has 0 fully saturated rings. The van der Waals surface area contributed by atoms with Gasteiger partial charge in [-0.2, -0.15) is 4.91 Å². The summed E-state index contributed by atoms with van der Waals surface area (Å²) < 4.78 is 0. The molecular weight excluding hydrogens is 95.0 g/mol. The summed E-state index contributed by atoms with van der Waals surface area (Å²) in [4.78, 5) is 2.12. The van der Waals surface area contributed by atoms with Gasteiger partial charge in [-0.1, -0.05) is 0 Å². The van der Waals surface area contributed by atoms with Gasteiger partial charge in [-0.3, -0.25) is 0 Å². The minimum atomic E-state index is 0. The molecular formula is H3N4NaO. The van der Waals surface area contributed by atoms with E-state index in [0.29, 0.717) is 0 Å². The summed E-state index contributed by atoms with van der Waals surface area (Å²) in [5, 5.41) is 9.85. The van der Waals surface area contributed by atoms with E-state index >= 15 is 0 Å². The average Bonchev–Trinajstić information content (AvgIpc) is 1.41. The molecule has 6 heavy (non-hydrogen) atoms. The zero-order valence-electron chi connectivity index (χ0n) is 4.29. The summed E-state index contributed by atoms with van der Waals surface area (Å²) in [6, 6.07) is 0. The second-order valence-electron chi connectivity index (χ2n) is 0.289. The third kappa shape index (κ3) is 8.95. The zero-order chi connectivity index (χ0) is 4.12. The van der Waals surface area contributed by atoms with Gasteiger partial charge >= 0.3 is 29.6 Å². The predicted molar refractivity (Wildman–Crippen MR) is 15.2 cm³/mol. The van der Waals surface area contributed by atoms with Crippen LogP contribution in [-0.4, -0.2) is 5.21 Å². The topological polar surface area (TPSA) is 81.0 Å². The van der Waals surface area contributed by atoms with Crippen molar-refractivity contribution in [2.75, 3.05) is 0 Å². The van der Waals surface area contributed by atoms with Crippen LogP contribution in [0.5, 0.6) is 0 Å². The number of azide groups is 1. The molecule has 0 aromatic heterocycles. The largest absolute Gasteiger partial charge is 1.00 e. The number of hydrogen-bond acceptors (Lipinski definition) is 2. The van der Waals surface area contributed by atoms with Crippen molar-refractivity contribution in [3.63, 3.8) is 0 Å². The summed E-state index contributed by atoms with van der Waals surface area (Å²) in [5.41, 5.74) is 8.53. The first-order chi connectivity index (χ1) is 2.41. The molecule has 6 heteroatoms. The van der Waals surface area contributed by atoms with E-state index < -0.39 is 0 Å². The van der Waals surface area contributed by atoms with Gasteiger partial charge < -0.3 is 1.43 Å². The van der Waals surface area contributed by atoms with Crippen LogP contribution in [0.15, 0.2) is 5.22 Å². The Morgan fingerprint density at radius 1 is 2.00 bits per heavy atom. The van der Waals surface area contributed by atoms with E-state index in [2.05, 4.69) is 10.1 Å². The zero-order valence-corrected chi connectivity index (χ0v) is 5.29. The number of hydrogen-bond donors (Lipinski definition) is 2. The van der Waals surface area contributed by atoms with Gasteiger partial charge in [-0.05, 0) is 0 Å². The Hall–Kier alpha value is 0.0700. The van der Waals surface area contributed by atoms with Crippen molar-refractivity contribution in [2.24, 2.45) is 5.22 Å². The number of nitrogens with zero attached hydrogens (tertiary/aromatic N) is 3. The summed E-state index contributed by atoms with van der Waals surface area (Å²) in [6.45, 7) is 0. The van der Waals surface area contributed by atoms with Crippen LogP contribution >= 0.6 is 0 Å². The maximum Gasteiger partial charge on any atom is 1.00 e. The van der Waals surface area contributed by atoms with Gasteiger partial charge in [0.25, 0.3) is 0 Å². The molecule has 0 aromatic carbocycles. The molecule has 0 unspecified atom stereocenters. The summed E-state index contributed by atoms with van der Waals surface area (Å²) in [6.07, 6.45) is 0. The van der Waals surface area contributed by atoms with Crippen molar-refractivity contribution in [3.05, 3.63) is 10.4 Å². The van der Waals surface area contributed by atoms with Gasteiger partial charge in [0.2, 0.25) is 0 Å². The molecule has 30 valence electrons. The van der Waals surface area contributed by atoms with E-state index in [9.17, 15) is 0 Å². The molecule has 0 aliphatic carbocycles. The molecule has 0 saturated heterocycles. The monoisotopic (exact) mass is 98.0 g/mol. The SMILES string of the molecule is [H-].[N-]=[N+]=NNO.[Na+]. The average molecular weight is 98.0 g/mol. The minimum Gasteiger partial charge on any atom is -1.00 e. The van der Waals surface area contributed by atoms with E-state index in [1.807, 2.05) is 0 Å². The predicted octanol–water partition coefficient (Wildman–Crippen LogP) is -2.69. The Balaban J connectivity index is -0.0000000800. The standard InChI is InChI=1S/H2N4O.Na.H/c1-2-3-4-5;;/h4-5H;;/q;+1;-1. The van der Waals surface area contributed by atoms with Crippen molar-refractivity contribution < 1.29 is 36.2 Å². The first-order valence-electron chi connectivity index (χ1n) is 0.847. The third-order valence-electron chi connectivity index (χ3n) is 0.0894. The van der Waals surface area contributed by atoms with E-state index in [1.165, 1.54) is 5.59 Å². The van der Waals surface area contributed by atoms with Crippen LogP contribution in [0.25, 0.3) is 10.4 Å². The van der Waals surface area contributed by atoms with E-state index in [-0.39, 0.29) is 31.0 Å². The van der Waals surface area contributed by atoms with Crippen molar-refractivity contribution in [1.29, 1.82) is 0 Å². The number of nitrogens with one attached hydrogen (secondary N) is 1. The summed E-state index contributed by atoms with van der Waals surface area (Å²) in [7, 11) is 0. The van der Waals surface area contributed by atoms with Crippen LogP contribution in [0.1, 0.15) is 1.43 Å². The van der Waals surface area contributed by atoms with Crippen molar-refractivity contribution in [2.45, 2.75) is 0 Å². The fraction of sp³-hybridized carbons (Fsp3) is 0. The van der Waals surface area contributed by atoms with Crippen molar-refractivity contribution in [1.82, 2.24) is 5.59 Å². The van der Waals surface area contributed by atoms with Crippen LogP contribution in [-0.2, 0) is 0 Å². The van der Waals surface area contributed by atoms with Gasteiger partial charge in [-0.25, -0.2) is 5.21 Å². The van der Waals surface area contributed by atoms with Gasteiger partial charge in [0, 0.05) is 5.22 Å². The maximum absolute atomic E-state index is 7.40. The second-order valence-corrected chi connectivity index (χ2v) is 0.289. The molecule has 0 saturated carbocycles. The van der Waals surface area contributed by atoms with Gasteiger partial charge in [0.05, 0.1) is 0 Å². The fourth-order valence-corrected chi connectivity index (χ4v) is 0.0200. The maximum atomic E-state index is 7.40. The third-order valence-corrected chi connectivity index (χ3v) is 0.0894. The normalized spacial score (nSPS) is 4.17. The molecule has 0 aliphatic rings. The summed E-state index contributed by atoms with van der Waals surface area (Å²) in [5.74, 6) is 0. The fourth-order valence-electron chi connectivity index (χ4n) is 0.0200. The Morgan fingerprint density at radius 3 is 2.50 bits per heavy atom. The van der Waals surface area contributed by atoms with Crippen LogP contribution < -0.4 is 35.1 Å². The second kappa shape index (κ2) is 8.91.